The van der Waals surface area contributed by atoms with E-state index in [4.69, 9.17) is 0 Å². The van der Waals surface area contributed by atoms with Gasteiger partial charge in [-0.3, -0.25) is 9.59 Å². The predicted octanol–water partition coefficient (Wildman–Crippen LogP) is 1.69. The van der Waals surface area contributed by atoms with E-state index >= 15 is 0 Å². The molecule has 3 rings (SSSR count). The van der Waals surface area contributed by atoms with E-state index in [1.165, 1.54) is 0 Å². The van der Waals surface area contributed by atoms with Crippen molar-refractivity contribution in [2.45, 2.75) is 5.92 Å². The SMILES string of the molecule is O=C1C([O-])=C(c2ccccc2)C(=O)C1c1ccccc1. The Kier molecular flexibility index (Phi) is 2.95. The molecule has 0 aromatic heterocycles. The Morgan fingerprint density at radius 2 is 1.30 bits per heavy atom. The van der Waals surface area contributed by atoms with Crippen molar-refractivity contribution in [3.8, 4) is 0 Å². The van der Waals surface area contributed by atoms with E-state index < -0.39 is 23.2 Å². The van der Waals surface area contributed by atoms with Crippen molar-refractivity contribution in [3.05, 3.63) is 77.5 Å². The second-order valence-electron chi connectivity index (χ2n) is 4.64. The molecule has 1 unspecified atom stereocenters. The van der Waals surface area contributed by atoms with Crippen LogP contribution in [0.3, 0.4) is 0 Å². The number of allylic oxidation sites excluding steroid dienone is 2. The zero-order chi connectivity index (χ0) is 14.1. The molecule has 0 N–H and O–H groups in total. The Morgan fingerprint density at radius 1 is 0.750 bits per heavy atom. The largest absolute Gasteiger partial charge is 0.870 e. The maximum atomic E-state index is 12.4. The third-order valence-electron chi connectivity index (χ3n) is 3.42. The number of carbonyl (C=O) groups is 2. The first-order valence-electron chi connectivity index (χ1n) is 6.30. The Morgan fingerprint density at radius 3 is 1.90 bits per heavy atom. The summed E-state index contributed by atoms with van der Waals surface area (Å²) in [5.41, 5.74) is 1.08. The molecule has 2 aromatic rings. The summed E-state index contributed by atoms with van der Waals surface area (Å²) in [5.74, 6) is -2.72. The predicted molar refractivity (Wildman–Crippen MR) is 72.6 cm³/mol. The summed E-state index contributed by atoms with van der Waals surface area (Å²) in [7, 11) is 0. The minimum atomic E-state index is -0.987. The number of hydrogen-bond donors (Lipinski definition) is 0. The lowest BCUT2D eigenvalue weighted by Gasteiger charge is -2.09. The number of Topliss-reactive ketones (excluding diaryl/α,β-unsaturated/α-hetero) is 2. The fourth-order valence-corrected chi connectivity index (χ4v) is 2.46. The molecule has 0 fully saturated rings. The van der Waals surface area contributed by atoms with E-state index in [0.29, 0.717) is 11.1 Å². The molecule has 0 amide bonds. The number of carbonyl (C=O) groups excluding carboxylic acids is 2. The molecule has 0 radical (unpaired) electrons. The molecule has 3 nitrogen and oxygen atoms in total. The van der Waals surface area contributed by atoms with Crippen LogP contribution in [0.25, 0.3) is 5.57 Å². The Balaban J connectivity index is 2.07. The van der Waals surface area contributed by atoms with Crippen LogP contribution in [0.4, 0.5) is 0 Å². The van der Waals surface area contributed by atoms with Gasteiger partial charge in [0, 0.05) is 5.57 Å². The van der Waals surface area contributed by atoms with Gasteiger partial charge in [0.25, 0.3) is 0 Å². The van der Waals surface area contributed by atoms with Crippen LogP contribution in [0, 0.1) is 0 Å². The summed E-state index contributed by atoms with van der Waals surface area (Å²) in [6.07, 6.45) is 0. The average molecular weight is 263 g/mol. The summed E-state index contributed by atoms with van der Waals surface area (Å²) in [6.45, 7) is 0. The Labute approximate surface area is 116 Å². The monoisotopic (exact) mass is 263 g/mol. The third-order valence-corrected chi connectivity index (χ3v) is 3.42. The molecule has 1 aliphatic rings. The van der Waals surface area contributed by atoms with Crippen LogP contribution >= 0.6 is 0 Å². The second kappa shape index (κ2) is 4.78. The molecule has 98 valence electrons. The number of benzene rings is 2. The van der Waals surface area contributed by atoms with E-state index in [-0.39, 0.29) is 5.57 Å². The highest BCUT2D eigenvalue weighted by atomic mass is 16.3. The smallest absolute Gasteiger partial charge is 0.178 e. The van der Waals surface area contributed by atoms with Crippen LogP contribution in [0.2, 0.25) is 0 Å². The highest BCUT2D eigenvalue weighted by Gasteiger charge is 2.37. The summed E-state index contributed by atoms with van der Waals surface area (Å²) >= 11 is 0. The van der Waals surface area contributed by atoms with Gasteiger partial charge in [-0.1, -0.05) is 66.4 Å². The van der Waals surface area contributed by atoms with Gasteiger partial charge >= 0.3 is 0 Å². The van der Waals surface area contributed by atoms with E-state index in [2.05, 4.69) is 0 Å². The van der Waals surface area contributed by atoms with E-state index in [1.807, 2.05) is 0 Å². The molecule has 0 bridgehead atoms. The molecular formula is C17H11O3-. The second-order valence-corrected chi connectivity index (χ2v) is 4.64. The van der Waals surface area contributed by atoms with Crippen molar-refractivity contribution in [3.63, 3.8) is 0 Å². The van der Waals surface area contributed by atoms with Crippen LogP contribution in [0.5, 0.6) is 0 Å². The minimum Gasteiger partial charge on any atom is -0.870 e. The number of ketones is 2. The molecule has 0 saturated carbocycles. The molecule has 2 aromatic carbocycles. The van der Waals surface area contributed by atoms with Gasteiger partial charge in [0.2, 0.25) is 0 Å². The third kappa shape index (κ3) is 1.84. The molecule has 0 aliphatic heterocycles. The molecular weight excluding hydrogens is 252 g/mol. The highest BCUT2D eigenvalue weighted by molar-refractivity contribution is 6.41. The van der Waals surface area contributed by atoms with Crippen LogP contribution in [0.1, 0.15) is 17.0 Å². The van der Waals surface area contributed by atoms with Gasteiger partial charge in [-0.15, -0.1) is 0 Å². The van der Waals surface area contributed by atoms with E-state index in [0.717, 1.165) is 0 Å². The zero-order valence-electron chi connectivity index (χ0n) is 10.6. The van der Waals surface area contributed by atoms with Gasteiger partial charge in [-0.2, -0.15) is 0 Å². The van der Waals surface area contributed by atoms with E-state index in [9.17, 15) is 14.7 Å². The lowest BCUT2D eigenvalue weighted by Crippen LogP contribution is -2.18. The number of hydrogen-bond acceptors (Lipinski definition) is 3. The van der Waals surface area contributed by atoms with Gasteiger partial charge < -0.3 is 5.11 Å². The first-order valence-corrected chi connectivity index (χ1v) is 6.30. The fourth-order valence-electron chi connectivity index (χ4n) is 2.46. The van der Waals surface area contributed by atoms with Gasteiger partial charge in [-0.05, 0) is 11.1 Å². The molecule has 0 saturated heterocycles. The van der Waals surface area contributed by atoms with E-state index in [1.54, 1.807) is 60.7 Å². The van der Waals surface area contributed by atoms with Crippen LogP contribution < -0.4 is 5.11 Å². The summed E-state index contributed by atoms with van der Waals surface area (Å²) < 4.78 is 0. The van der Waals surface area contributed by atoms with Crippen molar-refractivity contribution in [1.29, 1.82) is 0 Å². The molecule has 0 spiro atoms. The normalized spacial score (nSPS) is 18.7. The molecule has 3 heteroatoms. The Hall–Kier alpha value is -2.68. The van der Waals surface area contributed by atoms with Crippen LogP contribution in [-0.2, 0) is 9.59 Å². The maximum Gasteiger partial charge on any atom is 0.178 e. The Bertz CT molecular complexity index is 700. The number of rotatable bonds is 2. The first kappa shape index (κ1) is 12.4. The minimum absolute atomic E-state index is 0.00412. The van der Waals surface area contributed by atoms with Crippen molar-refractivity contribution in [1.82, 2.24) is 0 Å². The highest BCUT2D eigenvalue weighted by Crippen LogP contribution is 2.35. The maximum absolute atomic E-state index is 12.4. The summed E-state index contributed by atoms with van der Waals surface area (Å²) in [4.78, 5) is 24.6. The van der Waals surface area contributed by atoms with Gasteiger partial charge in [-0.25, -0.2) is 0 Å². The van der Waals surface area contributed by atoms with Crippen LogP contribution in [-0.4, -0.2) is 11.6 Å². The summed E-state index contributed by atoms with van der Waals surface area (Å²) in [6, 6.07) is 17.3. The van der Waals surface area contributed by atoms with Gasteiger partial charge in [0.1, 0.15) is 5.92 Å². The quantitative estimate of drug-likeness (QED) is 0.775. The standard InChI is InChI=1S/C17H12O3/c18-15-13(11-7-3-1-4-8-11)16(19)17(20)14(15)12-9-5-2-6-10-12/h1-10,13,20H/p-1. The van der Waals surface area contributed by atoms with Crippen molar-refractivity contribution in [2.24, 2.45) is 0 Å². The van der Waals surface area contributed by atoms with Gasteiger partial charge in [0.15, 0.2) is 11.6 Å². The topological polar surface area (TPSA) is 57.2 Å². The average Bonchev–Trinajstić information content (AvgIpc) is 2.71. The zero-order valence-corrected chi connectivity index (χ0v) is 10.6. The summed E-state index contributed by atoms with van der Waals surface area (Å²) in [5, 5.41) is 12.1. The molecule has 1 atom stereocenters. The van der Waals surface area contributed by atoms with Crippen molar-refractivity contribution < 1.29 is 14.7 Å². The lowest BCUT2D eigenvalue weighted by atomic mass is 9.92. The van der Waals surface area contributed by atoms with Crippen molar-refractivity contribution in [2.75, 3.05) is 0 Å². The van der Waals surface area contributed by atoms with Gasteiger partial charge in [0.05, 0.1) is 0 Å². The van der Waals surface area contributed by atoms with Crippen molar-refractivity contribution >= 4 is 17.1 Å². The molecule has 20 heavy (non-hydrogen) atoms. The van der Waals surface area contributed by atoms with Crippen LogP contribution in [0.15, 0.2) is 66.4 Å². The lowest BCUT2D eigenvalue weighted by molar-refractivity contribution is -0.296. The molecule has 0 heterocycles. The first-order chi connectivity index (χ1) is 9.70. The fraction of sp³-hybridized carbons (Fsp3) is 0.0588. The molecule has 1 aliphatic carbocycles.